The second-order valence-corrected chi connectivity index (χ2v) is 9.49. The molecule has 2 aliphatic rings. The van der Waals surface area contributed by atoms with Gasteiger partial charge in [0.25, 0.3) is 5.91 Å². The maximum atomic E-state index is 14.0. The first-order chi connectivity index (χ1) is 16.0. The maximum Gasteiger partial charge on any atom is 0.323 e. The standard InChI is InChI=1S/C26H25N3O3S/c1-18-10-12-19(13-11-18)17-28-23-9-4-3-8-22(23)26(24(28)30)29(14-15-33-26)25(31)27-20-6-5-7-21(16-20)32-2/h3-13,16H,14-15,17H2,1-2H3,(H,27,31)/t26-/m1/s1. The zero-order valence-corrected chi connectivity index (χ0v) is 19.4. The fourth-order valence-corrected chi connectivity index (χ4v) is 5.95. The summed E-state index contributed by atoms with van der Waals surface area (Å²) in [7, 11) is 1.59. The molecule has 1 fully saturated rings. The van der Waals surface area contributed by atoms with Gasteiger partial charge in [0.2, 0.25) is 0 Å². The van der Waals surface area contributed by atoms with E-state index in [0.29, 0.717) is 30.3 Å². The first-order valence-corrected chi connectivity index (χ1v) is 11.8. The largest absolute Gasteiger partial charge is 0.497 e. The summed E-state index contributed by atoms with van der Waals surface area (Å²) in [6.45, 7) is 2.99. The number of benzene rings is 3. The molecule has 3 amide bonds. The number of anilines is 2. The first-order valence-electron chi connectivity index (χ1n) is 10.9. The number of nitrogens with zero attached hydrogens (tertiary/aromatic N) is 2. The third-order valence-corrected chi connectivity index (χ3v) is 7.55. The number of ether oxygens (including phenoxy) is 1. The number of urea groups is 1. The molecule has 1 spiro atoms. The van der Waals surface area contributed by atoms with Crippen LogP contribution in [0.2, 0.25) is 0 Å². The van der Waals surface area contributed by atoms with Gasteiger partial charge >= 0.3 is 6.03 Å². The summed E-state index contributed by atoms with van der Waals surface area (Å²) < 4.78 is 5.27. The molecule has 33 heavy (non-hydrogen) atoms. The number of carbonyl (C=O) groups is 2. The number of fused-ring (bicyclic) bond motifs is 2. The lowest BCUT2D eigenvalue weighted by Crippen LogP contribution is -2.51. The van der Waals surface area contributed by atoms with Crippen molar-refractivity contribution >= 4 is 35.1 Å². The minimum Gasteiger partial charge on any atom is -0.497 e. The summed E-state index contributed by atoms with van der Waals surface area (Å²) in [4.78, 5) is 29.8. The van der Waals surface area contributed by atoms with Crippen LogP contribution in [0.15, 0.2) is 72.8 Å². The van der Waals surface area contributed by atoms with Crippen LogP contribution in [0.4, 0.5) is 16.2 Å². The average molecular weight is 460 g/mol. The van der Waals surface area contributed by atoms with Gasteiger partial charge in [-0.25, -0.2) is 4.79 Å². The molecule has 0 aromatic heterocycles. The number of methoxy groups -OCH3 is 1. The van der Waals surface area contributed by atoms with Crippen molar-refractivity contribution in [1.82, 2.24) is 4.90 Å². The lowest BCUT2D eigenvalue weighted by atomic mass is 10.1. The molecular formula is C26H25N3O3S. The predicted octanol–water partition coefficient (Wildman–Crippen LogP) is 4.98. The smallest absolute Gasteiger partial charge is 0.323 e. The van der Waals surface area contributed by atoms with Crippen molar-refractivity contribution in [3.05, 3.63) is 89.5 Å². The van der Waals surface area contributed by atoms with Crippen LogP contribution < -0.4 is 15.0 Å². The van der Waals surface area contributed by atoms with Gasteiger partial charge in [-0.15, -0.1) is 11.8 Å². The maximum absolute atomic E-state index is 14.0. The van der Waals surface area contributed by atoms with Gasteiger partial charge in [0.1, 0.15) is 5.75 Å². The van der Waals surface area contributed by atoms with Crippen molar-refractivity contribution in [2.75, 3.05) is 29.6 Å². The Balaban J connectivity index is 1.48. The number of rotatable bonds is 4. The number of carbonyl (C=O) groups excluding carboxylic acids is 2. The normalized spacial score (nSPS) is 19.2. The Morgan fingerprint density at radius 1 is 1.09 bits per heavy atom. The minimum atomic E-state index is -1.07. The molecule has 5 rings (SSSR count). The molecule has 0 aliphatic carbocycles. The van der Waals surface area contributed by atoms with E-state index in [1.165, 1.54) is 17.3 Å². The van der Waals surface area contributed by atoms with Crippen molar-refractivity contribution in [1.29, 1.82) is 0 Å². The van der Waals surface area contributed by atoms with Gasteiger partial charge in [-0.2, -0.15) is 0 Å². The van der Waals surface area contributed by atoms with Crippen LogP contribution in [0.1, 0.15) is 16.7 Å². The van der Waals surface area contributed by atoms with Crippen LogP contribution in [0.3, 0.4) is 0 Å². The molecule has 0 unspecified atom stereocenters. The SMILES string of the molecule is COc1cccc(NC(=O)N2CCS[C@]23C(=O)N(Cc2ccc(C)cc2)c2ccccc23)c1. The Labute approximate surface area is 197 Å². The molecule has 1 N–H and O–H groups in total. The molecule has 6 nitrogen and oxygen atoms in total. The van der Waals surface area contributed by atoms with Crippen LogP contribution in [-0.2, 0) is 16.2 Å². The van der Waals surface area contributed by atoms with Gasteiger partial charge in [0.15, 0.2) is 4.87 Å². The summed E-state index contributed by atoms with van der Waals surface area (Å²) in [6, 6.07) is 22.9. The van der Waals surface area contributed by atoms with Crippen molar-refractivity contribution in [3.8, 4) is 5.75 Å². The molecule has 0 saturated carbocycles. The highest BCUT2D eigenvalue weighted by atomic mass is 32.2. The van der Waals surface area contributed by atoms with Crippen LogP contribution in [0.5, 0.6) is 5.75 Å². The van der Waals surface area contributed by atoms with E-state index < -0.39 is 4.87 Å². The Kier molecular flexibility index (Phi) is 5.50. The van der Waals surface area contributed by atoms with Crippen molar-refractivity contribution in [3.63, 3.8) is 0 Å². The van der Waals surface area contributed by atoms with E-state index in [-0.39, 0.29) is 11.9 Å². The van der Waals surface area contributed by atoms with Crippen molar-refractivity contribution < 1.29 is 14.3 Å². The molecule has 2 heterocycles. The van der Waals surface area contributed by atoms with Crippen molar-refractivity contribution in [2.24, 2.45) is 0 Å². The molecule has 0 bridgehead atoms. The molecule has 3 aromatic rings. The van der Waals surface area contributed by atoms with Gasteiger partial charge in [0, 0.05) is 29.6 Å². The molecule has 0 radical (unpaired) electrons. The fourth-order valence-electron chi connectivity index (χ4n) is 4.49. The summed E-state index contributed by atoms with van der Waals surface area (Å²) in [6.07, 6.45) is 0. The zero-order chi connectivity index (χ0) is 23.0. The van der Waals surface area contributed by atoms with Crippen LogP contribution in [0.25, 0.3) is 0 Å². The van der Waals surface area contributed by atoms with E-state index >= 15 is 0 Å². The number of hydrogen-bond donors (Lipinski definition) is 1. The number of aryl methyl sites for hydroxylation is 1. The predicted molar refractivity (Wildman–Crippen MR) is 132 cm³/mol. The Morgan fingerprint density at radius 3 is 2.67 bits per heavy atom. The topological polar surface area (TPSA) is 61.9 Å². The minimum absolute atomic E-state index is 0.0763. The Hall–Kier alpha value is -3.45. The number of amides is 3. The number of thioether (sulfide) groups is 1. The van der Waals surface area contributed by atoms with Crippen LogP contribution in [0, 0.1) is 6.92 Å². The molecule has 2 aliphatic heterocycles. The highest BCUT2D eigenvalue weighted by Crippen LogP contribution is 2.54. The number of hydrogen-bond acceptors (Lipinski definition) is 4. The molecule has 3 aromatic carbocycles. The van der Waals surface area contributed by atoms with Crippen LogP contribution >= 0.6 is 11.8 Å². The summed E-state index contributed by atoms with van der Waals surface area (Å²) >= 11 is 1.52. The van der Waals surface area contributed by atoms with E-state index in [1.807, 2.05) is 66.4 Å². The van der Waals surface area contributed by atoms with Gasteiger partial charge < -0.3 is 15.0 Å². The van der Waals surface area contributed by atoms with Crippen LogP contribution in [-0.4, -0.2) is 36.2 Å². The molecule has 168 valence electrons. The fraction of sp³-hybridized carbons (Fsp3) is 0.231. The van der Waals surface area contributed by atoms with Gasteiger partial charge in [0.05, 0.1) is 19.3 Å². The summed E-state index contributed by atoms with van der Waals surface area (Å²) in [5.74, 6) is 1.27. The Bertz CT molecular complexity index is 1210. The monoisotopic (exact) mass is 459 g/mol. The zero-order valence-electron chi connectivity index (χ0n) is 18.6. The summed E-state index contributed by atoms with van der Waals surface area (Å²) in [5, 5.41) is 2.95. The molecule has 1 saturated heterocycles. The lowest BCUT2D eigenvalue weighted by molar-refractivity contribution is -0.123. The van der Waals surface area contributed by atoms with Crippen molar-refractivity contribution in [2.45, 2.75) is 18.3 Å². The van der Waals surface area contributed by atoms with E-state index in [9.17, 15) is 9.59 Å². The van der Waals surface area contributed by atoms with E-state index in [2.05, 4.69) is 17.4 Å². The highest BCUT2D eigenvalue weighted by molar-refractivity contribution is 8.01. The second-order valence-electron chi connectivity index (χ2n) is 8.20. The van der Waals surface area contributed by atoms with E-state index in [4.69, 9.17) is 4.74 Å². The van der Waals surface area contributed by atoms with Gasteiger partial charge in [-0.1, -0.05) is 54.1 Å². The lowest BCUT2D eigenvalue weighted by Gasteiger charge is -2.33. The van der Waals surface area contributed by atoms with Gasteiger partial charge in [-0.05, 0) is 30.7 Å². The quantitative estimate of drug-likeness (QED) is 0.598. The second kappa shape index (κ2) is 8.48. The third-order valence-electron chi connectivity index (χ3n) is 6.13. The number of nitrogens with one attached hydrogen (secondary N) is 1. The Morgan fingerprint density at radius 2 is 1.88 bits per heavy atom. The number of para-hydroxylation sites is 1. The molecular weight excluding hydrogens is 434 g/mol. The average Bonchev–Trinajstić information content (AvgIpc) is 3.38. The highest BCUT2D eigenvalue weighted by Gasteiger charge is 2.59. The molecule has 7 heteroatoms. The van der Waals surface area contributed by atoms with E-state index in [1.54, 1.807) is 18.1 Å². The van der Waals surface area contributed by atoms with E-state index in [0.717, 1.165) is 16.8 Å². The first kappa shape index (κ1) is 21.4. The summed E-state index contributed by atoms with van der Waals surface area (Å²) in [5.41, 5.74) is 4.58. The molecule has 1 atom stereocenters. The van der Waals surface area contributed by atoms with Gasteiger partial charge in [-0.3, -0.25) is 9.69 Å². The third kappa shape index (κ3) is 3.62.